The van der Waals surface area contributed by atoms with E-state index >= 15 is 0 Å². The number of carbonyl (C=O) groups is 2. The number of aromatic nitrogens is 4. The summed E-state index contributed by atoms with van der Waals surface area (Å²) in [5, 5.41) is 15.6. The largest absolute Gasteiger partial charge is 0.478 e. The third kappa shape index (κ3) is 6.25. The van der Waals surface area contributed by atoms with Crippen LogP contribution in [-0.2, 0) is 29.7 Å². The molecule has 0 spiro atoms. The van der Waals surface area contributed by atoms with E-state index in [2.05, 4.69) is 68.5 Å². The Morgan fingerprint density at radius 1 is 0.917 bits per heavy atom. The highest BCUT2D eigenvalue weighted by molar-refractivity contribution is 5.89. The van der Waals surface area contributed by atoms with E-state index in [-0.39, 0.29) is 0 Å². The van der Waals surface area contributed by atoms with Crippen LogP contribution >= 0.6 is 0 Å². The number of carboxylic acid groups (broad SMARTS) is 2. The summed E-state index contributed by atoms with van der Waals surface area (Å²) in [6.07, 6.45) is 7.70. The Labute approximate surface area is 209 Å². The molecule has 1 aliphatic heterocycles. The number of nitrogens with zero attached hydrogens (tertiary/aromatic N) is 5. The number of hydrogen-bond acceptors (Lipinski definition) is 5. The van der Waals surface area contributed by atoms with Crippen LogP contribution in [0.3, 0.4) is 0 Å². The Kier molecular flexibility index (Phi) is 7.92. The fourth-order valence-corrected chi connectivity index (χ4v) is 4.26. The maximum absolute atomic E-state index is 9.55. The van der Waals surface area contributed by atoms with Crippen LogP contribution in [0.15, 0.2) is 73.2 Å². The van der Waals surface area contributed by atoms with Gasteiger partial charge < -0.3 is 19.3 Å². The molecule has 0 bridgehead atoms. The van der Waals surface area contributed by atoms with Crippen LogP contribution < -0.4 is 0 Å². The molecule has 5 rings (SSSR count). The van der Waals surface area contributed by atoms with E-state index < -0.39 is 11.9 Å². The van der Waals surface area contributed by atoms with Crippen molar-refractivity contribution in [1.29, 1.82) is 0 Å². The summed E-state index contributed by atoms with van der Waals surface area (Å²) >= 11 is 0. The van der Waals surface area contributed by atoms with Gasteiger partial charge in [0, 0.05) is 37.9 Å². The van der Waals surface area contributed by atoms with Crippen LogP contribution in [-0.4, -0.2) is 59.2 Å². The van der Waals surface area contributed by atoms with Crippen molar-refractivity contribution in [2.45, 2.75) is 25.9 Å². The molecule has 36 heavy (non-hydrogen) atoms. The van der Waals surface area contributed by atoms with E-state index in [4.69, 9.17) is 15.2 Å². The molecule has 0 amide bonds. The average Bonchev–Trinajstić information content (AvgIpc) is 3.61. The number of benzene rings is 2. The van der Waals surface area contributed by atoms with E-state index in [1.165, 1.54) is 42.7 Å². The van der Waals surface area contributed by atoms with Gasteiger partial charge in [-0.2, -0.15) is 0 Å². The number of aliphatic carboxylic acids is 2. The van der Waals surface area contributed by atoms with Gasteiger partial charge in [-0.05, 0) is 43.6 Å². The molecule has 0 aliphatic carbocycles. The molecule has 2 N–H and O–H groups in total. The van der Waals surface area contributed by atoms with Crippen molar-refractivity contribution >= 4 is 23.0 Å². The topological polar surface area (TPSA) is 113 Å². The van der Waals surface area contributed by atoms with E-state index in [9.17, 15) is 9.59 Å². The van der Waals surface area contributed by atoms with Crippen molar-refractivity contribution in [2.75, 3.05) is 13.1 Å². The van der Waals surface area contributed by atoms with Gasteiger partial charge in [0.2, 0.25) is 0 Å². The van der Waals surface area contributed by atoms with Crippen molar-refractivity contribution in [3.63, 3.8) is 0 Å². The molecule has 1 aliphatic rings. The summed E-state index contributed by atoms with van der Waals surface area (Å²) in [5.74, 6) is -1.48. The summed E-state index contributed by atoms with van der Waals surface area (Å²) in [6.45, 7) is 4.23. The van der Waals surface area contributed by atoms with Crippen molar-refractivity contribution in [3.05, 3.63) is 84.5 Å². The predicted molar refractivity (Wildman–Crippen MR) is 136 cm³/mol. The first kappa shape index (κ1) is 24.9. The van der Waals surface area contributed by atoms with Gasteiger partial charge in [0.1, 0.15) is 5.82 Å². The van der Waals surface area contributed by atoms with Gasteiger partial charge in [-0.15, -0.1) is 0 Å². The Morgan fingerprint density at radius 3 is 2.25 bits per heavy atom. The van der Waals surface area contributed by atoms with Crippen LogP contribution in [0.5, 0.6) is 0 Å². The zero-order chi connectivity index (χ0) is 25.5. The molecule has 3 heterocycles. The molecule has 2 aromatic carbocycles. The van der Waals surface area contributed by atoms with Crippen molar-refractivity contribution in [1.82, 2.24) is 24.0 Å². The summed E-state index contributed by atoms with van der Waals surface area (Å²) in [7, 11) is 2.12. The smallest absolute Gasteiger partial charge is 0.328 e. The van der Waals surface area contributed by atoms with Gasteiger partial charge in [-0.3, -0.25) is 4.90 Å². The molecule has 0 radical (unpaired) electrons. The molecule has 186 valence electrons. The molecular formula is C27H29N5O4. The Morgan fingerprint density at radius 2 is 1.58 bits per heavy atom. The van der Waals surface area contributed by atoms with Crippen LogP contribution in [0.1, 0.15) is 24.1 Å². The molecule has 1 fully saturated rings. The first-order chi connectivity index (χ1) is 17.4. The normalized spacial score (nSPS) is 13.7. The van der Waals surface area contributed by atoms with Crippen LogP contribution in [0.2, 0.25) is 0 Å². The fourth-order valence-electron chi connectivity index (χ4n) is 4.26. The van der Waals surface area contributed by atoms with Crippen molar-refractivity contribution < 1.29 is 19.8 Å². The molecule has 4 aromatic rings. The lowest BCUT2D eigenvalue weighted by Crippen LogP contribution is -2.20. The molecular weight excluding hydrogens is 458 g/mol. The number of likely N-dealkylation sites (tertiary alicyclic amines) is 1. The lowest BCUT2D eigenvalue weighted by atomic mass is 10.1. The highest BCUT2D eigenvalue weighted by atomic mass is 16.4. The van der Waals surface area contributed by atoms with Crippen molar-refractivity contribution in [3.8, 4) is 11.4 Å². The molecule has 2 aromatic heterocycles. The number of hydrogen-bond donors (Lipinski definition) is 2. The van der Waals surface area contributed by atoms with Gasteiger partial charge in [0.25, 0.3) is 0 Å². The first-order valence-corrected chi connectivity index (χ1v) is 11.8. The minimum Gasteiger partial charge on any atom is -0.478 e. The second-order valence-electron chi connectivity index (χ2n) is 8.68. The summed E-state index contributed by atoms with van der Waals surface area (Å²) in [6, 6.07) is 17.0. The van der Waals surface area contributed by atoms with Gasteiger partial charge in [-0.25, -0.2) is 19.6 Å². The van der Waals surface area contributed by atoms with E-state index in [1.54, 1.807) is 0 Å². The summed E-state index contributed by atoms with van der Waals surface area (Å²) in [4.78, 5) is 30.8. The maximum atomic E-state index is 9.55. The minimum atomic E-state index is -1.26. The van der Waals surface area contributed by atoms with Gasteiger partial charge in [0.05, 0.1) is 29.3 Å². The third-order valence-corrected chi connectivity index (χ3v) is 6.13. The monoisotopic (exact) mass is 487 g/mol. The first-order valence-electron chi connectivity index (χ1n) is 11.8. The molecule has 0 unspecified atom stereocenters. The summed E-state index contributed by atoms with van der Waals surface area (Å²) in [5.41, 5.74) is 5.92. The number of rotatable bonds is 7. The second-order valence-corrected chi connectivity index (χ2v) is 8.68. The number of imidazole rings is 2. The van der Waals surface area contributed by atoms with Gasteiger partial charge in [0.15, 0.2) is 0 Å². The zero-order valence-electron chi connectivity index (χ0n) is 20.1. The minimum absolute atomic E-state index is 0.558. The maximum Gasteiger partial charge on any atom is 0.328 e. The predicted octanol–water partition coefficient (Wildman–Crippen LogP) is 3.79. The van der Waals surface area contributed by atoms with Crippen molar-refractivity contribution in [2.24, 2.45) is 7.05 Å². The van der Waals surface area contributed by atoms with E-state index in [0.29, 0.717) is 12.2 Å². The molecule has 9 heteroatoms. The van der Waals surface area contributed by atoms with E-state index in [0.717, 1.165) is 30.0 Å². The Hall–Kier alpha value is -4.24. The Balaban J connectivity index is 0.000000331. The SMILES string of the molecule is Cn1c(CN2CCCC2)cnc1-c1ccc(Cn2cnc3ccccc32)cc1.O=C(O)/C=C/C(=O)O. The van der Waals surface area contributed by atoms with Gasteiger partial charge in [-0.1, -0.05) is 36.4 Å². The Bertz CT molecular complexity index is 1350. The number of carboxylic acids is 2. The van der Waals surface area contributed by atoms with Crippen LogP contribution in [0.4, 0.5) is 0 Å². The number of para-hydroxylation sites is 2. The summed E-state index contributed by atoms with van der Waals surface area (Å²) < 4.78 is 4.43. The molecule has 0 saturated carbocycles. The van der Waals surface area contributed by atoms with Gasteiger partial charge >= 0.3 is 11.9 Å². The molecule has 0 atom stereocenters. The lowest BCUT2D eigenvalue weighted by molar-refractivity contribution is -0.134. The van der Waals surface area contributed by atoms with Crippen LogP contribution in [0, 0.1) is 0 Å². The molecule has 1 saturated heterocycles. The van der Waals surface area contributed by atoms with Crippen LogP contribution in [0.25, 0.3) is 22.4 Å². The lowest BCUT2D eigenvalue weighted by Gasteiger charge is -2.15. The fraction of sp³-hybridized carbons (Fsp3) is 0.259. The second kappa shape index (κ2) is 11.5. The standard InChI is InChI=1S/C23H25N5.C4H4O4/c1-26-20(16-27-12-4-5-13-27)14-24-23(26)19-10-8-18(9-11-19)15-28-17-25-21-6-2-3-7-22(21)28;5-3(6)1-2-4(7)8/h2-3,6-11,14,17H,4-5,12-13,15-16H2,1H3;1-2H,(H,5,6)(H,7,8)/b;2-1+. The number of fused-ring (bicyclic) bond motifs is 1. The highest BCUT2D eigenvalue weighted by Crippen LogP contribution is 2.22. The average molecular weight is 488 g/mol. The van der Waals surface area contributed by atoms with E-state index in [1.807, 2.05) is 18.6 Å². The zero-order valence-corrected chi connectivity index (χ0v) is 20.1. The highest BCUT2D eigenvalue weighted by Gasteiger charge is 2.15. The quantitative estimate of drug-likeness (QED) is 0.381. The third-order valence-electron chi connectivity index (χ3n) is 6.13. The molecule has 9 nitrogen and oxygen atoms in total.